The van der Waals surface area contributed by atoms with E-state index in [9.17, 15) is 31.5 Å². The molecule has 0 radical (unpaired) electrons. The van der Waals surface area contributed by atoms with Crippen molar-refractivity contribution in [3.63, 3.8) is 0 Å². The van der Waals surface area contributed by atoms with E-state index in [1.165, 1.54) is 13.8 Å². The minimum atomic E-state index is -5.81. The van der Waals surface area contributed by atoms with Gasteiger partial charge in [-0.1, -0.05) is 13.8 Å². The molecule has 0 saturated carbocycles. The molecule has 0 bridgehead atoms. The molecule has 0 aliphatic carbocycles. The van der Waals surface area contributed by atoms with Gasteiger partial charge in [-0.3, -0.25) is 0 Å². The van der Waals surface area contributed by atoms with Gasteiger partial charge in [0.15, 0.2) is 0 Å². The quantitative estimate of drug-likeness (QED) is 0.584. The van der Waals surface area contributed by atoms with Gasteiger partial charge >= 0.3 is 24.0 Å². The highest BCUT2D eigenvalue weighted by Gasteiger charge is 2.56. The van der Waals surface area contributed by atoms with Gasteiger partial charge in [-0.05, 0) is 12.3 Å². The number of hydrogen-bond acceptors (Lipinski definition) is 2. The molecule has 0 heterocycles. The monoisotopic (exact) mass is 304 g/mol. The number of halogens is 5. The van der Waals surface area contributed by atoms with E-state index in [-0.39, 0.29) is 0 Å². The van der Waals surface area contributed by atoms with Gasteiger partial charge < -0.3 is 10.2 Å². The molecule has 0 spiro atoms. The fourth-order valence-corrected chi connectivity index (χ4v) is 1.51. The molecule has 0 aliphatic heterocycles. The molecule has 20 heavy (non-hydrogen) atoms. The number of rotatable bonds is 6. The summed E-state index contributed by atoms with van der Waals surface area (Å²) in [6.45, 7) is 2.60. The fraction of sp³-hybridized carbons (Fsp3) is 0.636. The average molecular weight is 304 g/mol. The number of carboxylic acids is 2. The highest BCUT2D eigenvalue weighted by Crippen LogP contribution is 2.40. The van der Waals surface area contributed by atoms with Crippen LogP contribution in [0.5, 0.6) is 0 Å². The van der Waals surface area contributed by atoms with Crippen molar-refractivity contribution in [3.05, 3.63) is 11.1 Å². The first-order valence-electron chi connectivity index (χ1n) is 5.45. The van der Waals surface area contributed by atoms with Gasteiger partial charge in [0.05, 0.1) is 0 Å². The van der Waals surface area contributed by atoms with Gasteiger partial charge in [0.25, 0.3) is 0 Å². The highest BCUT2D eigenvalue weighted by atomic mass is 19.4. The number of carboxylic acid groups (broad SMARTS) is 2. The predicted octanol–water partition coefficient (Wildman–Crippen LogP) is 3.09. The molecule has 0 fully saturated rings. The van der Waals surface area contributed by atoms with E-state index < -0.39 is 53.9 Å². The number of aliphatic carboxylic acids is 2. The summed E-state index contributed by atoms with van der Waals surface area (Å²) >= 11 is 0. The van der Waals surface area contributed by atoms with E-state index in [1.807, 2.05) is 0 Å². The minimum absolute atomic E-state index is 0.685. The molecule has 0 unspecified atom stereocenters. The number of hydrogen-bond donors (Lipinski definition) is 2. The zero-order valence-corrected chi connectivity index (χ0v) is 10.6. The molecule has 0 saturated heterocycles. The Morgan fingerprint density at radius 1 is 1.00 bits per heavy atom. The number of alkyl halides is 5. The predicted molar refractivity (Wildman–Crippen MR) is 57.4 cm³/mol. The van der Waals surface area contributed by atoms with Crippen molar-refractivity contribution in [2.45, 2.75) is 38.8 Å². The molecule has 4 nitrogen and oxygen atoms in total. The van der Waals surface area contributed by atoms with Crippen molar-refractivity contribution in [1.82, 2.24) is 0 Å². The van der Waals surface area contributed by atoms with E-state index in [4.69, 9.17) is 10.2 Å². The van der Waals surface area contributed by atoms with E-state index in [0.717, 1.165) is 0 Å². The molecule has 0 amide bonds. The minimum Gasteiger partial charge on any atom is -0.478 e. The van der Waals surface area contributed by atoms with Crippen LogP contribution in [0.3, 0.4) is 0 Å². The second kappa shape index (κ2) is 6.19. The Hall–Kier alpha value is -1.67. The molecule has 9 heteroatoms. The Bertz CT molecular complexity index is 423. The summed E-state index contributed by atoms with van der Waals surface area (Å²) in [7, 11) is 0. The number of carbonyl (C=O) groups is 2. The van der Waals surface area contributed by atoms with Crippen molar-refractivity contribution >= 4 is 11.9 Å². The third kappa shape index (κ3) is 4.46. The van der Waals surface area contributed by atoms with Crippen LogP contribution in [-0.4, -0.2) is 34.3 Å². The first-order valence-corrected chi connectivity index (χ1v) is 5.45. The normalized spacial score (nSPS) is 14.2. The summed E-state index contributed by atoms with van der Waals surface area (Å²) in [5.41, 5.74) is -1.63. The van der Waals surface area contributed by atoms with Crippen LogP contribution in [0.15, 0.2) is 11.1 Å². The summed E-state index contributed by atoms with van der Waals surface area (Å²) in [5, 5.41) is 17.6. The Morgan fingerprint density at radius 2 is 1.45 bits per heavy atom. The summed E-state index contributed by atoms with van der Waals surface area (Å²) < 4.78 is 61.4. The van der Waals surface area contributed by atoms with E-state index in [1.54, 1.807) is 0 Å². The van der Waals surface area contributed by atoms with Crippen molar-refractivity contribution in [2.24, 2.45) is 5.92 Å². The second-order valence-corrected chi connectivity index (χ2v) is 4.36. The zero-order chi connectivity index (χ0) is 16.3. The van der Waals surface area contributed by atoms with Gasteiger partial charge in [-0.15, -0.1) is 0 Å². The van der Waals surface area contributed by atoms with Crippen molar-refractivity contribution in [3.8, 4) is 0 Å². The van der Waals surface area contributed by atoms with Gasteiger partial charge in [0.2, 0.25) is 0 Å². The largest absolute Gasteiger partial charge is 0.478 e. The van der Waals surface area contributed by atoms with Gasteiger partial charge in [-0.2, -0.15) is 22.0 Å². The lowest BCUT2D eigenvalue weighted by Crippen LogP contribution is -2.36. The third-order valence-corrected chi connectivity index (χ3v) is 2.49. The molecule has 0 aromatic rings. The van der Waals surface area contributed by atoms with E-state index in [2.05, 4.69) is 0 Å². The smallest absolute Gasteiger partial charge is 0.453 e. The van der Waals surface area contributed by atoms with Crippen LogP contribution in [0.2, 0.25) is 0 Å². The van der Waals surface area contributed by atoms with E-state index >= 15 is 0 Å². The Morgan fingerprint density at radius 3 is 1.70 bits per heavy atom. The van der Waals surface area contributed by atoms with Crippen LogP contribution in [0.1, 0.15) is 26.7 Å². The standard InChI is InChI=1S/C11H13F5O4/c1-5(2)7(9(19)20)6(8(17)18)3-4-10(12,13)11(14,15)16/h5H,3-4H2,1-2H3,(H,17,18)(H,19,20)/b7-6+. The van der Waals surface area contributed by atoms with Crippen LogP contribution >= 0.6 is 0 Å². The molecular formula is C11H13F5O4. The van der Waals surface area contributed by atoms with Crippen LogP contribution in [0, 0.1) is 5.92 Å². The molecule has 0 rings (SSSR count). The molecule has 0 aliphatic rings. The van der Waals surface area contributed by atoms with E-state index in [0.29, 0.717) is 0 Å². The summed E-state index contributed by atoms with van der Waals surface area (Å²) in [6.07, 6.45) is -8.82. The molecule has 0 aromatic carbocycles. The summed E-state index contributed by atoms with van der Waals surface area (Å²) in [5.74, 6) is -9.39. The SMILES string of the molecule is CC(C)/C(C(=O)O)=C(/CCC(F)(F)C(F)(F)F)C(=O)O. The topological polar surface area (TPSA) is 74.6 Å². The third-order valence-electron chi connectivity index (χ3n) is 2.49. The summed E-state index contributed by atoms with van der Waals surface area (Å²) in [4.78, 5) is 21.7. The Kier molecular flexibility index (Phi) is 5.67. The Labute approximate surface area is 110 Å². The molecule has 0 aromatic heterocycles. The van der Waals surface area contributed by atoms with Crippen LogP contribution < -0.4 is 0 Å². The van der Waals surface area contributed by atoms with Gasteiger partial charge in [-0.25, -0.2) is 9.59 Å². The first-order chi connectivity index (χ1) is 8.81. The Balaban J connectivity index is 5.42. The molecule has 2 N–H and O–H groups in total. The van der Waals surface area contributed by atoms with Gasteiger partial charge in [0.1, 0.15) is 0 Å². The maximum absolute atomic E-state index is 12.7. The fourth-order valence-electron chi connectivity index (χ4n) is 1.51. The molecular weight excluding hydrogens is 291 g/mol. The molecule has 0 atom stereocenters. The highest BCUT2D eigenvalue weighted by molar-refractivity contribution is 5.99. The lowest BCUT2D eigenvalue weighted by Gasteiger charge is -2.20. The van der Waals surface area contributed by atoms with Crippen LogP contribution in [-0.2, 0) is 9.59 Å². The maximum atomic E-state index is 12.7. The van der Waals surface area contributed by atoms with Crippen molar-refractivity contribution in [1.29, 1.82) is 0 Å². The summed E-state index contributed by atoms with van der Waals surface area (Å²) in [6, 6.07) is 0. The van der Waals surface area contributed by atoms with Crippen LogP contribution in [0.4, 0.5) is 22.0 Å². The van der Waals surface area contributed by atoms with Crippen molar-refractivity contribution < 1.29 is 41.8 Å². The van der Waals surface area contributed by atoms with Crippen LogP contribution in [0.25, 0.3) is 0 Å². The lowest BCUT2D eigenvalue weighted by molar-refractivity contribution is -0.284. The molecule has 116 valence electrons. The average Bonchev–Trinajstić information content (AvgIpc) is 2.20. The van der Waals surface area contributed by atoms with Crippen molar-refractivity contribution in [2.75, 3.05) is 0 Å². The second-order valence-electron chi connectivity index (χ2n) is 4.36. The zero-order valence-electron chi connectivity index (χ0n) is 10.6. The first kappa shape index (κ1) is 18.3. The maximum Gasteiger partial charge on any atom is 0.453 e. The van der Waals surface area contributed by atoms with Gasteiger partial charge in [0, 0.05) is 17.6 Å². The lowest BCUT2D eigenvalue weighted by atomic mass is 9.93.